The van der Waals surface area contributed by atoms with Crippen LogP contribution in [0.2, 0.25) is 0 Å². The molecule has 0 aliphatic carbocycles. The van der Waals surface area contributed by atoms with E-state index in [0.29, 0.717) is 11.5 Å². The molecule has 3 saturated heterocycles. The second-order valence-electron chi connectivity index (χ2n) is 8.77. The van der Waals surface area contributed by atoms with Gasteiger partial charge in [0.1, 0.15) is 0 Å². The van der Waals surface area contributed by atoms with Crippen LogP contribution >= 0.6 is 11.9 Å². The molecule has 5 rings (SSSR count). The number of hydrogen-bond acceptors (Lipinski definition) is 7. The van der Waals surface area contributed by atoms with Gasteiger partial charge in [0.2, 0.25) is 5.95 Å². The van der Waals surface area contributed by atoms with Crippen LogP contribution in [0, 0.1) is 5.41 Å². The normalized spacial score (nSPS) is 26.4. The first kappa shape index (κ1) is 19.4. The highest BCUT2D eigenvalue weighted by Gasteiger charge is 2.39. The molecule has 1 spiro atoms. The number of hydrogen-bond donors (Lipinski definition) is 1. The maximum absolute atomic E-state index is 5.76. The van der Waals surface area contributed by atoms with E-state index in [1.165, 1.54) is 24.9 Å². The van der Waals surface area contributed by atoms with Gasteiger partial charge in [0.15, 0.2) is 0 Å². The molecule has 0 saturated carbocycles. The van der Waals surface area contributed by atoms with E-state index in [2.05, 4.69) is 44.0 Å². The summed E-state index contributed by atoms with van der Waals surface area (Å²) in [6, 6.07) is 6.94. The lowest BCUT2D eigenvalue weighted by Gasteiger charge is -2.41. The average Bonchev–Trinajstić information content (AvgIpc) is 3.21. The minimum atomic E-state index is 0.333. The van der Waals surface area contributed by atoms with Crippen molar-refractivity contribution >= 4 is 34.5 Å². The fourth-order valence-electron chi connectivity index (χ4n) is 5.12. The highest BCUT2D eigenvalue weighted by molar-refractivity contribution is 7.96. The largest absolute Gasteiger partial charge is 0.381 e. The summed E-state index contributed by atoms with van der Waals surface area (Å²) in [5, 5.41) is 4.72. The molecule has 0 radical (unpaired) electrons. The summed E-state index contributed by atoms with van der Waals surface area (Å²) in [4.78, 5) is 12.1. The minimum absolute atomic E-state index is 0.333. The number of benzene rings is 1. The fourth-order valence-corrected chi connectivity index (χ4v) is 5.69. The molecule has 7 heteroatoms. The van der Waals surface area contributed by atoms with Gasteiger partial charge in [-0.25, -0.2) is 9.97 Å². The van der Waals surface area contributed by atoms with Crippen LogP contribution in [-0.4, -0.2) is 66.0 Å². The van der Waals surface area contributed by atoms with Gasteiger partial charge in [-0.3, -0.25) is 4.31 Å². The van der Waals surface area contributed by atoms with Crippen LogP contribution in [-0.2, 0) is 4.74 Å². The van der Waals surface area contributed by atoms with Crippen molar-refractivity contribution < 1.29 is 4.74 Å². The lowest BCUT2D eigenvalue weighted by atomic mass is 9.79. The minimum Gasteiger partial charge on any atom is -0.381 e. The van der Waals surface area contributed by atoms with Gasteiger partial charge < -0.3 is 15.0 Å². The molecule has 4 heterocycles. The van der Waals surface area contributed by atoms with Crippen molar-refractivity contribution in [3.05, 3.63) is 24.4 Å². The Bertz CT molecular complexity index is 848. The zero-order valence-corrected chi connectivity index (χ0v) is 18.1. The van der Waals surface area contributed by atoms with E-state index in [0.717, 1.165) is 69.1 Å². The van der Waals surface area contributed by atoms with Gasteiger partial charge in [0.25, 0.3) is 0 Å². The number of aromatic nitrogens is 2. The number of para-hydroxylation sites is 1. The van der Waals surface area contributed by atoms with Gasteiger partial charge in [-0.05, 0) is 44.4 Å². The van der Waals surface area contributed by atoms with E-state index < -0.39 is 0 Å². The zero-order valence-electron chi connectivity index (χ0n) is 17.3. The molecule has 29 heavy (non-hydrogen) atoms. The highest BCUT2D eigenvalue weighted by atomic mass is 32.2. The van der Waals surface area contributed by atoms with Crippen LogP contribution in [0.5, 0.6) is 0 Å². The van der Waals surface area contributed by atoms with Crippen LogP contribution in [0.4, 0.5) is 11.6 Å². The number of fused-ring (bicyclic) bond motifs is 1. The van der Waals surface area contributed by atoms with Gasteiger partial charge in [0.05, 0.1) is 17.8 Å². The van der Waals surface area contributed by atoms with Crippen molar-refractivity contribution in [2.24, 2.45) is 5.41 Å². The molecule has 0 bridgehead atoms. The van der Waals surface area contributed by atoms with E-state index >= 15 is 0 Å². The standard InChI is InChI=1S/C22H31N5OS/c1-29-27-11-6-18(7-12-27)24-21-23-14-17-4-2-5-19(20(17)25-21)26-10-3-8-22(15-26)9-13-28-16-22/h2,4-5,14,18H,3,6-13,15-16H2,1H3,(H,23,24,25). The summed E-state index contributed by atoms with van der Waals surface area (Å²) in [5.41, 5.74) is 2.65. The SMILES string of the molecule is CSN1CCC(Nc2ncc3cccc(N4CCCC5(CCOC5)C4)c3n2)CC1. The predicted molar refractivity (Wildman–Crippen MR) is 121 cm³/mol. The molecule has 1 atom stereocenters. The molecule has 3 aliphatic rings. The van der Waals surface area contributed by atoms with Gasteiger partial charge in [-0.15, -0.1) is 0 Å². The Morgan fingerprint density at radius 1 is 1.21 bits per heavy atom. The molecule has 156 valence electrons. The topological polar surface area (TPSA) is 53.5 Å². The Morgan fingerprint density at radius 2 is 2.10 bits per heavy atom. The first-order valence-corrected chi connectivity index (χ1v) is 12.1. The van der Waals surface area contributed by atoms with Crippen molar-refractivity contribution in [2.75, 3.05) is 55.9 Å². The third-order valence-corrected chi connectivity index (χ3v) is 7.70. The summed E-state index contributed by atoms with van der Waals surface area (Å²) in [6.45, 7) is 6.23. The van der Waals surface area contributed by atoms with Gasteiger partial charge >= 0.3 is 0 Å². The van der Waals surface area contributed by atoms with Crippen LogP contribution in [0.1, 0.15) is 32.1 Å². The number of ether oxygens (including phenoxy) is 1. The summed E-state index contributed by atoms with van der Waals surface area (Å²) in [6.07, 6.45) is 10.1. The molecule has 3 aliphatic heterocycles. The lowest BCUT2D eigenvalue weighted by molar-refractivity contribution is 0.139. The summed E-state index contributed by atoms with van der Waals surface area (Å²) < 4.78 is 8.19. The molecule has 2 aromatic rings. The molecule has 3 fully saturated rings. The maximum Gasteiger partial charge on any atom is 0.223 e. The number of nitrogens with zero attached hydrogens (tertiary/aromatic N) is 4. The Morgan fingerprint density at radius 3 is 2.90 bits per heavy atom. The van der Waals surface area contributed by atoms with E-state index in [-0.39, 0.29) is 0 Å². The maximum atomic E-state index is 5.76. The molecule has 6 nitrogen and oxygen atoms in total. The van der Waals surface area contributed by atoms with Crippen molar-refractivity contribution in [2.45, 2.75) is 38.1 Å². The Balaban J connectivity index is 1.37. The van der Waals surface area contributed by atoms with Crippen molar-refractivity contribution in [3.63, 3.8) is 0 Å². The Kier molecular flexibility index (Phi) is 5.54. The third-order valence-electron chi connectivity index (χ3n) is 6.82. The number of anilines is 2. The Labute approximate surface area is 177 Å². The number of piperidine rings is 2. The molecule has 1 aromatic heterocycles. The lowest BCUT2D eigenvalue weighted by Crippen LogP contribution is -2.43. The van der Waals surface area contributed by atoms with Crippen molar-refractivity contribution in [1.29, 1.82) is 0 Å². The summed E-state index contributed by atoms with van der Waals surface area (Å²) >= 11 is 1.84. The summed E-state index contributed by atoms with van der Waals surface area (Å²) in [7, 11) is 0. The zero-order chi connectivity index (χ0) is 19.7. The van der Waals surface area contributed by atoms with Gasteiger partial charge in [-0.1, -0.05) is 24.1 Å². The molecular weight excluding hydrogens is 382 g/mol. The Hall–Kier alpha value is -1.57. The number of nitrogens with one attached hydrogen (secondary N) is 1. The smallest absolute Gasteiger partial charge is 0.223 e. The first-order chi connectivity index (χ1) is 14.2. The van der Waals surface area contributed by atoms with Crippen molar-refractivity contribution in [3.8, 4) is 0 Å². The predicted octanol–water partition coefficient (Wildman–Crippen LogP) is 3.79. The first-order valence-electron chi connectivity index (χ1n) is 10.9. The van der Waals surface area contributed by atoms with Gasteiger partial charge in [-0.2, -0.15) is 0 Å². The highest BCUT2D eigenvalue weighted by Crippen LogP contribution is 2.40. The van der Waals surface area contributed by atoms with Crippen LogP contribution in [0.25, 0.3) is 10.9 Å². The van der Waals surface area contributed by atoms with Crippen LogP contribution in [0.3, 0.4) is 0 Å². The fraction of sp³-hybridized carbons (Fsp3) is 0.636. The van der Waals surface area contributed by atoms with E-state index in [1.54, 1.807) is 0 Å². The quantitative estimate of drug-likeness (QED) is 0.765. The number of rotatable bonds is 4. The average molecular weight is 414 g/mol. The molecule has 1 unspecified atom stereocenters. The van der Waals surface area contributed by atoms with E-state index in [1.807, 2.05) is 18.1 Å². The third kappa shape index (κ3) is 4.05. The summed E-state index contributed by atoms with van der Waals surface area (Å²) in [5.74, 6) is 0.767. The van der Waals surface area contributed by atoms with Gasteiger partial charge in [0, 0.05) is 55.8 Å². The molecule has 1 N–H and O–H groups in total. The second-order valence-corrected chi connectivity index (χ2v) is 9.65. The van der Waals surface area contributed by atoms with Crippen molar-refractivity contribution in [1.82, 2.24) is 14.3 Å². The molecule has 1 aromatic carbocycles. The second kappa shape index (κ2) is 8.28. The van der Waals surface area contributed by atoms with E-state index in [9.17, 15) is 0 Å². The molecular formula is C22H31N5OS. The molecule has 0 amide bonds. The monoisotopic (exact) mass is 413 g/mol. The van der Waals surface area contributed by atoms with E-state index in [4.69, 9.17) is 9.72 Å². The van der Waals surface area contributed by atoms with Crippen LogP contribution in [0.15, 0.2) is 24.4 Å². The van der Waals surface area contributed by atoms with Crippen LogP contribution < -0.4 is 10.2 Å².